The average Bonchev–Trinajstić information content (AvgIpc) is 3.42. The van der Waals surface area contributed by atoms with Gasteiger partial charge in [0, 0.05) is 12.7 Å². The fourth-order valence-corrected chi connectivity index (χ4v) is 6.14. The van der Waals surface area contributed by atoms with Gasteiger partial charge in [0.15, 0.2) is 21.1 Å². The van der Waals surface area contributed by atoms with E-state index in [1.165, 1.54) is 18.4 Å². The summed E-state index contributed by atoms with van der Waals surface area (Å²) in [5.41, 5.74) is 1.21. The Balaban J connectivity index is 1.39. The minimum atomic E-state index is -3.31. The number of nitrogens with zero attached hydrogens (tertiary/aromatic N) is 2. The Morgan fingerprint density at radius 3 is 2.61 bits per heavy atom. The van der Waals surface area contributed by atoms with Gasteiger partial charge < -0.3 is 14.2 Å². The summed E-state index contributed by atoms with van der Waals surface area (Å²) in [4.78, 5) is 22.9. The summed E-state index contributed by atoms with van der Waals surface area (Å²) in [7, 11) is -1.77. The Labute approximate surface area is 195 Å². The zero-order chi connectivity index (χ0) is 23.0. The van der Waals surface area contributed by atoms with Crippen LogP contribution in [0, 0.1) is 0 Å². The van der Waals surface area contributed by atoms with Gasteiger partial charge in [-0.05, 0) is 43.0 Å². The zero-order valence-electron chi connectivity index (χ0n) is 17.9. The van der Waals surface area contributed by atoms with Crippen molar-refractivity contribution in [2.75, 3.05) is 25.6 Å². The number of aromatic nitrogens is 2. The number of methoxy groups -OCH3 is 1. The summed E-state index contributed by atoms with van der Waals surface area (Å²) < 4.78 is 41.6. The van der Waals surface area contributed by atoms with Crippen molar-refractivity contribution in [1.29, 1.82) is 0 Å². The normalized spacial score (nSPS) is 19.5. The van der Waals surface area contributed by atoms with Gasteiger partial charge in [-0.25, -0.2) is 18.4 Å². The summed E-state index contributed by atoms with van der Waals surface area (Å²) in [6, 6.07) is 9.85. The van der Waals surface area contributed by atoms with Crippen molar-refractivity contribution in [3.05, 3.63) is 42.0 Å². The van der Waals surface area contributed by atoms with Crippen LogP contribution in [0.5, 0.6) is 5.88 Å². The largest absolute Gasteiger partial charge is 0.481 e. The second kappa shape index (κ2) is 8.98. The lowest BCUT2D eigenvalue weighted by Gasteiger charge is -2.21. The molecule has 11 heteroatoms. The average molecular weight is 490 g/mol. The van der Waals surface area contributed by atoms with E-state index in [0.717, 1.165) is 0 Å². The van der Waals surface area contributed by atoms with E-state index in [9.17, 15) is 13.2 Å². The number of sulfone groups is 1. The van der Waals surface area contributed by atoms with E-state index in [1.807, 2.05) is 0 Å². The number of thiazole rings is 1. The third-order valence-corrected chi connectivity index (χ3v) is 8.76. The number of carbonyl (C=O) groups excluding carboxylic acids is 1. The van der Waals surface area contributed by atoms with E-state index < -0.39 is 21.8 Å². The lowest BCUT2D eigenvalue weighted by Crippen LogP contribution is -2.28. The molecule has 1 aliphatic carbocycles. The van der Waals surface area contributed by atoms with Crippen LogP contribution in [-0.2, 0) is 24.1 Å². The topological polar surface area (TPSA) is 117 Å². The van der Waals surface area contributed by atoms with Crippen molar-refractivity contribution in [1.82, 2.24) is 9.97 Å². The maximum atomic E-state index is 13.2. The monoisotopic (exact) mass is 489 g/mol. The first-order valence-corrected chi connectivity index (χ1v) is 13.0. The summed E-state index contributed by atoms with van der Waals surface area (Å²) >= 11 is 1.23. The quantitative estimate of drug-likeness (QED) is 0.513. The number of benzene rings is 1. The Kier molecular flexibility index (Phi) is 6.04. The number of nitrogens with one attached hydrogen (secondary N) is 1. The minimum absolute atomic E-state index is 0.225. The maximum Gasteiger partial charge on any atom is 0.259 e. The first-order valence-electron chi connectivity index (χ1n) is 10.6. The molecule has 3 heterocycles. The van der Waals surface area contributed by atoms with Gasteiger partial charge in [0.05, 0.1) is 30.0 Å². The van der Waals surface area contributed by atoms with Crippen LogP contribution in [-0.4, -0.2) is 56.0 Å². The maximum absolute atomic E-state index is 13.2. The highest BCUT2D eigenvalue weighted by molar-refractivity contribution is 7.92. The van der Waals surface area contributed by atoms with Crippen LogP contribution < -0.4 is 10.1 Å². The van der Waals surface area contributed by atoms with Crippen LogP contribution in [0.3, 0.4) is 0 Å². The van der Waals surface area contributed by atoms with Crippen LogP contribution in [0.1, 0.15) is 30.9 Å². The van der Waals surface area contributed by atoms with Crippen molar-refractivity contribution < 1.29 is 27.4 Å². The number of amides is 1. The van der Waals surface area contributed by atoms with Gasteiger partial charge >= 0.3 is 0 Å². The molecular formula is C22H23N3O6S2. The molecule has 1 unspecified atom stereocenters. The molecule has 0 radical (unpaired) electrons. The predicted octanol–water partition coefficient (Wildman–Crippen LogP) is 3.12. The number of pyridine rings is 1. The number of carbonyl (C=O) groups is 1. The third kappa shape index (κ3) is 4.72. The molecule has 9 nitrogen and oxygen atoms in total. The van der Waals surface area contributed by atoms with Gasteiger partial charge in [-0.1, -0.05) is 23.5 Å². The molecule has 0 spiro atoms. The number of anilines is 1. The smallest absolute Gasteiger partial charge is 0.259 e. The van der Waals surface area contributed by atoms with E-state index in [2.05, 4.69) is 15.3 Å². The molecule has 33 heavy (non-hydrogen) atoms. The summed E-state index contributed by atoms with van der Waals surface area (Å²) in [6.07, 6.45) is 0.912. The van der Waals surface area contributed by atoms with Gasteiger partial charge in [0.25, 0.3) is 5.91 Å². The summed E-state index contributed by atoms with van der Waals surface area (Å²) in [5, 5.41) is 2.92. The molecule has 0 bridgehead atoms. The molecule has 1 saturated carbocycles. The second-order valence-corrected chi connectivity index (χ2v) is 11.2. The van der Waals surface area contributed by atoms with Gasteiger partial charge in [0.2, 0.25) is 5.88 Å². The third-order valence-electron chi connectivity index (χ3n) is 5.60. The predicted molar refractivity (Wildman–Crippen MR) is 122 cm³/mol. The minimum Gasteiger partial charge on any atom is -0.481 e. The van der Waals surface area contributed by atoms with Crippen molar-refractivity contribution in [2.45, 2.75) is 41.6 Å². The highest BCUT2D eigenvalue weighted by Gasteiger charge is 2.37. The van der Waals surface area contributed by atoms with E-state index >= 15 is 0 Å². The molecule has 3 aromatic rings. The number of hydrogen-bond donors (Lipinski definition) is 1. The van der Waals surface area contributed by atoms with Crippen LogP contribution >= 0.6 is 11.3 Å². The van der Waals surface area contributed by atoms with E-state index in [4.69, 9.17) is 14.2 Å². The van der Waals surface area contributed by atoms with Gasteiger partial charge in [0.1, 0.15) is 10.3 Å². The molecule has 1 saturated heterocycles. The highest BCUT2D eigenvalue weighted by Crippen LogP contribution is 2.34. The fraction of sp³-hybridized carbons (Fsp3) is 0.409. The molecule has 1 N–H and O–H groups in total. The van der Waals surface area contributed by atoms with E-state index in [-0.39, 0.29) is 16.2 Å². The molecule has 174 valence electrons. The fourth-order valence-electron chi connectivity index (χ4n) is 3.65. The Bertz CT molecular complexity index is 1270. The lowest BCUT2D eigenvalue weighted by atomic mass is 10.1. The van der Waals surface area contributed by atoms with Crippen molar-refractivity contribution >= 4 is 42.6 Å². The lowest BCUT2D eigenvalue weighted by molar-refractivity contribution is -0.131. The molecular weight excluding hydrogens is 466 g/mol. The van der Waals surface area contributed by atoms with Crippen LogP contribution in [0.15, 0.2) is 41.3 Å². The molecule has 1 amide bonds. The molecule has 2 aliphatic rings. The molecule has 2 fully saturated rings. The van der Waals surface area contributed by atoms with Crippen molar-refractivity contribution in [3.63, 3.8) is 0 Å². The van der Waals surface area contributed by atoms with Crippen LogP contribution in [0.25, 0.3) is 10.3 Å². The molecule has 5 rings (SSSR count). The van der Waals surface area contributed by atoms with E-state index in [0.29, 0.717) is 59.4 Å². The first-order chi connectivity index (χ1) is 15.9. The number of rotatable bonds is 8. The van der Waals surface area contributed by atoms with Gasteiger partial charge in [-0.2, -0.15) is 0 Å². The number of ether oxygens (including phenoxy) is 3. The molecule has 1 aromatic carbocycles. The van der Waals surface area contributed by atoms with E-state index in [1.54, 1.807) is 36.4 Å². The molecule has 1 aliphatic heterocycles. The Morgan fingerprint density at radius 1 is 1.15 bits per heavy atom. The number of fused-ring (bicyclic) bond motifs is 1. The standard InChI is InChI=1S/C22H23N3O6S2/c1-29-18-9-8-17-21(24-18)32-22(23-17)25-20(26)19(31-14-10-11-30-12-14)13-2-4-15(5-3-13)33(27,28)16-6-7-16/h2-5,8-9,14,16,19H,6-7,10-12H2,1H3,(H,23,25,26)/t14-,19?/m1/s1. The van der Waals surface area contributed by atoms with Crippen LogP contribution in [0.2, 0.25) is 0 Å². The Morgan fingerprint density at radius 2 is 1.94 bits per heavy atom. The summed E-state index contributed by atoms with van der Waals surface area (Å²) in [5.74, 6) is 0.0680. The number of hydrogen-bond acceptors (Lipinski definition) is 9. The Hall–Kier alpha value is -2.60. The zero-order valence-corrected chi connectivity index (χ0v) is 19.5. The molecule has 2 atom stereocenters. The van der Waals surface area contributed by atoms with Gasteiger partial charge in [-0.3, -0.25) is 10.1 Å². The molecule has 2 aromatic heterocycles. The first kappa shape index (κ1) is 22.2. The van der Waals surface area contributed by atoms with Crippen LogP contribution in [0.4, 0.5) is 5.13 Å². The summed E-state index contributed by atoms with van der Waals surface area (Å²) in [6.45, 7) is 0.978. The highest BCUT2D eigenvalue weighted by atomic mass is 32.2. The van der Waals surface area contributed by atoms with Gasteiger partial charge in [-0.15, -0.1) is 0 Å². The SMILES string of the molecule is COc1ccc2nc(NC(=O)C(O[C@@H]3CCOC3)c3ccc(S(=O)(=O)C4CC4)cc3)sc2n1. The second-order valence-electron chi connectivity index (χ2n) is 8.00. The van der Waals surface area contributed by atoms with Crippen molar-refractivity contribution in [2.24, 2.45) is 0 Å². The van der Waals surface area contributed by atoms with Crippen molar-refractivity contribution in [3.8, 4) is 5.88 Å².